The molecule has 2 rings (SSSR count). The number of carbonyl (C=O) groups is 1. The summed E-state index contributed by atoms with van der Waals surface area (Å²) in [5.74, 6) is 2.39. The van der Waals surface area contributed by atoms with Gasteiger partial charge in [0.05, 0.1) is 13.1 Å². The van der Waals surface area contributed by atoms with Gasteiger partial charge in [-0.05, 0) is 44.4 Å². The van der Waals surface area contributed by atoms with E-state index < -0.39 is 0 Å². The Morgan fingerprint density at radius 2 is 2.29 bits per heavy atom. The summed E-state index contributed by atoms with van der Waals surface area (Å²) in [6.45, 7) is 6.68. The van der Waals surface area contributed by atoms with Gasteiger partial charge in [-0.15, -0.1) is 0 Å². The van der Waals surface area contributed by atoms with Gasteiger partial charge in [0.15, 0.2) is 0 Å². The maximum absolute atomic E-state index is 12.4. The molecule has 2 unspecified atom stereocenters. The molecule has 2 atom stereocenters. The Morgan fingerprint density at radius 3 is 2.90 bits per heavy atom. The second kappa shape index (κ2) is 7.09. The Labute approximate surface area is 127 Å². The molecule has 1 aliphatic heterocycles. The second-order valence-corrected chi connectivity index (χ2v) is 6.16. The number of likely N-dealkylation sites (tertiary alicyclic amines) is 1. The van der Waals surface area contributed by atoms with E-state index in [1.54, 1.807) is 4.90 Å². The van der Waals surface area contributed by atoms with Crippen LogP contribution in [0.3, 0.4) is 0 Å². The molecule has 0 saturated carbocycles. The van der Waals surface area contributed by atoms with Crippen molar-refractivity contribution < 1.29 is 9.21 Å². The van der Waals surface area contributed by atoms with Crippen molar-refractivity contribution in [2.75, 3.05) is 26.7 Å². The molecule has 0 aliphatic carbocycles. The van der Waals surface area contributed by atoms with Gasteiger partial charge in [0.1, 0.15) is 11.5 Å². The lowest BCUT2D eigenvalue weighted by molar-refractivity contribution is -0.133. The number of rotatable bonds is 5. The summed E-state index contributed by atoms with van der Waals surface area (Å²) in [5.41, 5.74) is 5.88. The standard InChI is InChI=1S/C16H27N3O2/c1-12-5-4-8-19(15(12)9-17)11-16(20)18(3)10-14-7-6-13(2)21-14/h6-7,12,15H,4-5,8-11,17H2,1-3H3. The Bertz CT molecular complexity index is 472. The maximum Gasteiger partial charge on any atom is 0.236 e. The third-order valence-electron chi connectivity index (χ3n) is 4.43. The highest BCUT2D eigenvalue weighted by molar-refractivity contribution is 5.78. The summed E-state index contributed by atoms with van der Waals surface area (Å²) >= 11 is 0. The summed E-state index contributed by atoms with van der Waals surface area (Å²) in [7, 11) is 1.82. The molecule has 21 heavy (non-hydrogen) atoms. The molecular formula is C16H27N3O2. The van der Waals surface area contributed by atoms with Crippen molar-refractivity contribution in [3.63, 3.8) is 0 Å². The predicted octanol–water partition coefficient (Wildman–Crippen LogP) is 1.61. The molecule has 2 heterocycles. The largest absolute Gasteiger partial charge is 0.464 e. The number of nitrogens with two attached hydrogens (primary N) is 1. The smallest absolute Gasteiger partial charge is 0.236 e. The summed E-state index contributed by atoms with van der Waals surface area (Å²) in [6.07, 6.45) is 2.35. The molecule has 1 amide bonds. The Kier molecular flexibility index (Phi) is 5.42. The van der Waals surface area contributed by atoms with E-state index in [-0.39, 0.29) is 5.91 Å². The second-order valence-electron chi connectivity index (χ2n) is 6.16. The summed E-state index contributed by atoms with van der Waals surface area (Å²) < 4.78 is 5.53. The van der Waals surface area contributed by atoms with E-state index in [1.807, 2.05) is 26.1 Å². The van der Waals surface area contributed by atoms with Crippen LogP contribution in [0, 0.1) is 12.8 Å². The van der Waals surface area contributed by atoms with Gasteiger partial charge in [0.25, 0.3) is 0 Å². The van der Waals surface area contributed by atoms with E-state index in [2.05, 4.69) is 11.8 Å². The Morgan fingerprint density at radius 1 is 1.52 bits per heavy atom. The van der Waals surface area contributed by atoms with Crippen LogP contribution in [-0.2, 0) is 11.3 Å². The van der Waals surface area contributed by atoms with Crippen molar-refractivity contribution in [2.24, 2.45) is 11.7 Å². The summed E-state index contributed by atoms with van der Waals surface area (Å²) in [6, 6.07) is 4.16. The number of furan rings is 1. The molecule has 1 aromatic heterocycles. The summed E-state index contributed by atoms with van der Waals surface area (Å²) in [5, 5.41) is 0. The van der Waals surface area contributed by atoms with Crippen LogP contribution in [0.25, 0.3) is 0 Å². The molecule has 5 heteroatoms. The fourth-order valence-corrected chi connectivity index (χ4v) is 3.10. The highest BCUT2D eigenvalue weighted by atomic mass is 16.3. The van der Waals surface area contributed by atoms with Gasteiger partial charge < -0.3 is 15.1 Å². The van der Waals surface area contributed by atoms with Crippen LogP contribution in [0.5, 0.6) is 0 Å². The number of hydrogen-bond acceptors (Lipinski definition) is 4. The minimum Gasteiger partial charge on any atom is -0.464 e. The molecule has 5 nitrogen and oxygen atoms in total. The number of piperidine rings is 1. The Balaban J connectivity index is 1.90. The van der Waals surface area contributed by atoms with Crippen LogP contribution in [0.4, 0.5) is 0 Å². The fraction of sp³-hybridized carbons (Fsp3) is 0.688. The van der Waals surface area contributed by atoms with Crippen LogP contribution in [-0.4, -0.2) is 48.4 Å². The highest BCUT2D eigenvalue weighted by Gasteiger charge is 2.29. The van der Waals surface area contributed by atoms with Crippen molar-refractivity contribution >= 4 is 5.91 Å². The number of aryl methyl sites for hydroxylation is 1. The van der Waals surface area contributed by atoms with Gasteiger partial charge in [-0.3, -0.25) is 9.69 Å². The summed E-state index contributed by atoms with van der Waals surface area (Å²) in [4.78, 5) is 16.4. The van der Waals surface area contributed by atoms with E-state index in [0.717, 1.165) is 24.5 Å². The maximum atomic E-state index is 12.4. The average molecular weight is 293 g/mol. The van der Waals surface area contributed by atoms with Gasteiger partial charge in [-0.1, -0.05) is 6.92 Å². The first-order valence-electron chi connectivity index (χ1n) is 7.74. The zero-order chi connectivity index (χ0) is 15.4. The minimum atomic E-state index is 0.122. The molecular weight excluding hydrogens is 266 g/mol. The highest BCUT2D eigenvalue weighted by Crippen LogP contribution is 2.22. The molecule has 1 fully saturated rings. The van der Waals surface area contributed by atoms with Crippen LogP contribution in [0.1, 0.15) is 31.3 Å². The van der Waals surface area contributed by atoms with Crippen molar-refractivity contribution in [1.29, 1.82) is 0 Å². The SMILES string of the molecule is Cc1ccc(CN(C)C(=O)CN2CCCC(C)C2CN)o1. The first kappa shape index (κ1) is 16.0. The molecule has 2 N–H and O–H groups in total. The molecule has 118 valence electrons. The van der Waals surface area contributed by atoms with Gasteiger partial charge in [0.2, 0.25) is 5.91 Å². The minimum absolute atomic E-state index is 0.122. The number of nitrogens with zero attached hydrogens (tertiary/aromatic N) is 2. The molecule has 0 bridgehead atoms. The van der Waals surface area contributed by atoms with E-state index in [0.29, 0.717) is 31.6 Å². The van der Waals surface area contributed by atoms with Crippen molar-refractivity contribution in [3.05, 3.63) is 23.7 Å². The zero-order valence-electron chi connectivity index (χ0n) is 13.3. The molecule has 1 aliphatic rings. The molecule has 1 saturated heterocycles. The third-order valence-corrected chi connectivity index (χ3v) is 4.43. The lowest BCUT2D eigenvalue weighted by atomic mass is 9.91. The van der Waals surface area contributed by atoms with Crippen LogP contribution in [0.15, 0.2) is 16.5 Å². The Hall–Kier alpha value is -1.33. The van der Waals surface area contributed by atoms with Gasteiger partial charge >= 0.3 is 0 Å². The van der Waals surface area contributed by atoms with Crippen molar-refractivity contribution in [1.82, 2.24) is 9.80 Å². The molecule has 0 spiro atoms. The molecule has 0 radical (unpaired) electrons. The van der Waals surface area contributed by atoms with Crippen molar-refractivity contribution in [3.8, 4) is 0 Å². The van der Waals surface area contributed by atoms with E-state index in [4.69, 9.17) is 10.2 Å². The van der Waals surface area contributed by atoms with Gasteiger partial charge in [-0.2, -0.15) is 0 Å². The number of likely N-dealkylation sites (N-methyl/N-ethyl adjacent to an activating group) is 1. The number of hydrogen-bond donors (Lipinski definition) is 1. The normalized spacial score (nSPS) is 23.2. The average Bonchev–Trinajstić information content (AvgIpc) is 2.84. The van der Waals surface area contributed by atoms with Crippen LogP contribution < -0.4 is 5.73 Å². The monoisotopic (exact) mass is 293 g/mol. The molecule has 1 aromatic rings. The fourth-order valence-electron chi connectivity index (χ4n) is 3.10. The van der Waals surface area contributed by atoms with Gasteiger partial charge in [-0.25, -0.2) is 0 Å². The van der Waals surface area contributed by atoms with E-state index in [9.17, 15) is 4.79 Å². The lowest BCUT2D eigenvalue weighted by Crippen LogP contribution is -2.52. The third kappa shape index (κ3) is 4.08. The van der Waals surface area contributed by atoms with E-state index >= 15 is 0 Å². The molecule has 0 aromatic carbocycles. The van der Waals surface area contributed by atoms with Crippen LogP contribution >= 0.6 is 0 Å². The van der Waals surface area contributed by atoms with Crippen LogP contribution in [0.2, 0.25) is 0 Å². The van der Waals surface area contributed by atoms with Gasteiger partial charge in [0, 0.05) is 19.6 Å². The number of amides is 1. The first-order valence-corrected chi connectivity index (χ1v) is 7.74. The van der Waals surface area contributed by atoms with Crippen molar-refractivity contribution in [2.45, 2.75) is 39.3 Å². The lowest BCUT2D eigenvalue weighted by Gasteiger charge is -2.39. The number of carbonyl (C=O) groups excluding carboxylic acids is 1. The zero-order valence-corrected chi connectivity index (χ0v) is 13.3. The first-order chi connectivity index (χ1) is 10.0. The quantitative estimate of drug-likeness (QED) is 0.896. The topological polar surface area (TPSA) is 62.7 Å². The predicted molar refractivity (Wildman–Crippen MR) is 82.7 cm³/mol. The van der Waals surface area contributed by atoms with E-state index in [1.165, 1.54) is 6.42 Å².